The van der Waals surface area contributed by atoms with Gasteiger partial charge in [-0.15, -0.1) is 0 Å². The van der Waals surface area contributed by atoms with Crippen LogP contribution in [0.2, 0.25) is 0 Å². The second-order valence-corrected chi connectivity index (χ2v) is 9.72. The van der Waals surface area contributed by atoms with Crippen LogP contribution in [0.4, 0.5) is 0 Å². The Morgan fingerprint density at radius 3 is 2.83 bits per heavy atom. The van der Waals surface area contributed by atoms with Crippen LogP contribution in [-0.4, -0.2) is 59.8 Å². The normalized spacial score (nSPS) is 15.6. The van der Waals surface area contributed by atoms with Crippen LogP contribution in [-0.2, 0) is 16.0 Å². The van der Waals surface area contributed by atoms with Gasteiger partial charge in [-0.05, 0) is 23.1 Å². The lowest BCUT2D eigenvalue weighted by Crippen LogP contribution is -2.34. The molecule has 1 fully saturated rings. The topological polar surface area (TPSA) is 68.1 Å². The summed E-state index contributed by atoms with van der Waals surface area (Å²) in [6.45, 7) is 9.83. The molecule has 4 rings (SSSR count). The molecule has 156 valence electrons. The summed E-state index contributed by atoms with van der Waals surface area (Å²) in [5.41, 5.74) is 3.17. The molecule has 0 unspecified atom stereocenters. The van der Waals surface area contributed by atoms with E-state index in [0.29, 0.717) is 31.2 Å². The predicted molar refractivity (Wildman–Crippen MR) is 114 cm³/mol. The number of nitrogens with zero attached hydrogens (tertiary/aromatic N) is 3. The van der Waals surface area contributed by atoms with E-state index >= 15 is 0 Å². The first-order valence-corrected chi connectivity index (χ1v) is 10.7. The Labute approximate surface area is 174 Å². The van der Waals surface area contributed by atoms with Gasteiger partial charge in [0, 0.05) is 32.9 Å². The van der Waals surface area contributed by atoms with Gasteiger partial charge in [0.2, 0.25) is 0 Å². The van der Waals surface area contributed by atoms with Gasteiger partial charge in [-0.25, -0.2) is 4.98 Å². The van der Waals surface area contributed by atoms with Crippen LogP contribution in [0.3, 0.4) is 0 Å². The Balaban J connectivity index is 1.47. The number of carbonyl (C=O) groups is 1. The zero-order valence-electron chi connectivity index (χ0n) is 17.4. The maximum Gasteiger partial charge on any atom is 0.265 e. The molecule has 8 heteroatoms. The number of benzene rings is 1. The fraction of sp³-hybridized carbons (Fsp3) is 0.524. The summed E-state index contributed by atoms with van der Waals surface area (Å²) in [5.74, 6) is 0.0424. The number of hydrogen-bond acceptors (Lipinski definition) is 6. The Hall–Kier alpha value is -2.00. The van der Waals surface area contributed by atoms with Crippen LogP contribution in [0.5, 0.6) is 0 Å². The minimum atomic E-state index is -0.149. The van der Waals surface area contributed by atoms with E-state index < -0.39 is 0 Å². The summed E-state index contributed by atoms with van der Waals surface area (Å²) in [5, 5.41) is 3.36. The molecule has 3 aromatic rings. The zero-order valence-corrected chi connectivity index (χ0v) is 18.2. The van der Waals surface area contributed by atoms with Crippen molar-refractivity contribution in [3.05, 3.63) is 34.8 Å². The standard InChI is InChI=1S/C21H28N4O3S/c1-21(2,3)13-24(4)19(26)17-12-25-16-6-5-14(9-15(16)23-20(25)29-17)10-22-11-18-27-7-8-28-18/h5-6,9,12,18,22H,7-8,10-11,13H2,1-4H3. The monoisotopic (exact) mass is 416 g/mol. The maximum absolute atomic E-state index is 12.8. The van der Waals surface area contributed by atoms with Crippen molar-refractivity contribution in [1.29, 1.82) is 0 Å². The summed E-state index contributed by atoms with van der Waals surface area (Å²) in [6.07, 6.45) is 1.76. The highest BCUT2D eigenvalue weighted by atomic mass is 32.1. The predicted octanol–water partition coefficient (Wildman–Crippen LogP) is 3.13. The van der Waals surface area contributed by atoms with Gasteiger partial charge >= 0.3 is 0 Å². The van der Waals surface area contributed by atoms with Gasteiger partial charge in [0.25, 0.3) is 5.91 Å². The molecule has 1 aliphatic rings. The molecule has 2 aromatic heterocycles. The van der Waals surface area contributed by atoms with Crippen LogP contribution in [0.25, 0.3) is 16.0 Å². The summed E-state index contributed by atoms with van der Waals surface area (Å²) < 4.78 is 12.9. The maximum atomic E-state index is 12.8. The number of aromatic nitrogens is 2. The fourth-order valence-corrected chi connectivity index (χ4v) is 4.59. The third kappa shape index (κ3) is 4.61. The lowest BCUT2D eigenvalue weighted by molar-refractivity contribution is -0.0392. The quantitative estimate of drug-likeness (QED) is 0.669. The van der Waals surface area contributed by atoms with E-state index in [9.17, 15) is 4.79 Å². The molecule has 0 bridgehead atoms. The van der Waals surface area contributed by atoms with Crippen LogP contribution in [0.15, 0.2) is 24.4 Å². The largest absolute Gasteiger partial charge is 0.349 e. The van der Waals surface area contributed by atoms with E-state index in [1.807, 2.05) is 17.6 Å². The van der Waals surface area contributed by atoms with Gasteiger partial charge in [-0.1, -0.05) is 38.2 Å². The molecule has 1 N–H and O–H groups in total. The Kier molecular flexibility index (Phi) is 5.61. The summed E-state index contributed by atoms with van der Waals surface area (Å²) in [7, 11) is 1.86. The van der Waals surface area contributed by atoms with E-state index in [1.165, 1.54) is 11.3 Å². The average molecular weight is 417 g/mol. The van der Waals surface area contributed by atoms with Crippen molar-refractivity contribution in [2.24, 2.45) is 5.41 Å². The van der Waals surface area contributed by atoms with Crippen molar-refractivity contribution in [2.45, 2.75) is 33.6 Å². The summed E-state index contributed by atoms with van der Waals surface area (Å²) >= 11 is 1.44. The number of rotatable bonds is 6. The molecule has 3 heterocycles. The number of nitrogens with one attached hydrogen (secondary N) is 1. The number of hydrogen-bond donors (Lipinski definition) is 1. The van der Waals surface area contributed by atoms with Gasteiger partial charge in [0.05, 0.1) is 24.2 Å². The molecule has 7 nitrogen and oxygen atoms in total. The number of ether oxygens (including phenoxy) is 2. The van der Waals surface area contributed by atoms with Crippen molar-refractivity contribution >= 4 is 33.2 Å². The zero-order chi connectivity index (χ0) is 20.6. The minimum absolute atomic E-state index is 0.0424. The molecule has 1 aromatic carbocycles. The van der Waals surface area contributed by atoms with Crippen molar-refractivity contribution in [2.75, 3.05) is 33.4 Å². The highest BCUT2D eigenvalue weighted by Gasteiger charge is 2.22. The molecule has 0 atom stereocenters. The summed E-state index contributed by atoms with van der Waals surface area (Å²) in [4.78, 5) is 20.8. The van der Waals surface area contributed by atoms with Gasteiger partial charge in [0.15, 0.2) is 11.3 Å². The highest BCUT2D eigenvalue weighted by molar-refractivity contribution is 7.18. The van der Waals surface area contributed by atoms with Crippen LogP contribution in [0.1, 0.15) is 36.0 Å². The van der Waals surface area contributed by atoms with Gasteiger partial charge in [-0.2, -0.15) is 0 Å². The molecule has 1 aliphatic heterocycles. The second-order valence-electron chi connectivity index (χ2n) is 8.71. The molecule has 1 amide bonds. The highest BCUT2D eigenvalue weighted by Crippen LogP contribution is 2.26. The van der Waals surface area contributed by atoms with Crippen molar-refractivity contribution in [3.8, 4) is 0 Å². The van der Waals surface area contributed by atoms with E-state index in [0.717, 1.165) is 28.1 Å². The molecule has 29 heavy (non-hydrogen) atoms. The SMILES string of the molecule is CN(CC(C)(C)C)C(=O)c1cn2c(nc3cc(CNCC4OCCO4)ccc32)s1. The minimum Gasteiger partial charge on any atom is -0.349 e. The Morgan fingerprint density at radius 2 is 2.10 bits per heavy atom. The van der Waals surface area contributed by atoms with Crippen molar-refractivity contribution < 1.29 is 14.3 Å². The third-order valence-electron chi connectivity index (χ3n) is 4.77. The van der Waals surface area contributed by atoms with Crippen LogP contribution in [0, 0.1) is 5.41 Å². The Morgan fingerprint density at radius 1 is 1.34 bits per heavy atom. The second kappa shape index (κ2) is 8.02. The molecule has 1 saturated heterocycles. The van der Waals surface area contributed by atoms with Crippen molar-refractivity contribution in [1.82, 2.24) is 19.6 Å². The third-order valence-corrected chi connectivity index (χ3v) is 5.74. The number of fused-ring (bicyclic) bond motifs is 3. The first-order valence-electron chi connectivity index (χ1n) is 9.90. The molecule has 0 aliphatic carbocycles. The first kappa shape index (κ1) is 20.3. The van der Waals surface area contributed by atoms with E-state index in [2.05, 4.69) is 44.3 Å². The average Bonchev–Trinajstić information content (AvgIpc) is 3.35. The van der Waals surface area contributed by atoms with E-state index in [-0.39, 0.29) is 17.6 Å². The number of imidazole rings is 1. The van der Waals surface area contributed by atoms with Crippen LogP contribution >= 0.6 is 11.3 Å². The van der Waals surface area contributed by atoms with E-state index in [4.69, 9.17) is 14.5 Å². The molecular weight excluding hydrogens is 388 g/mol. The molecular formula is C21H28N4O3S. The first-order chi connectivity index (χ1) is 13.8. The number of carbonyl (C=O) groups excluding carboxylic acids is 1. The molecule has 0 radical (unpaired) electrons. The van der Waals surface area contributed by atoms with Crippen LogP contribution < -0.4 is 5.32 Å². The van der Waals surface area contributed by atoms with Crippen molar-refractivity contribution in [3.63, 3.8) is 0 Å². The van der Waals surface area contributed by atoms with E-state index in [1.54, 1.807) is 4.90 Å². The summed E-state index contributed by atoms with van der Waals surface area (Å²) in [6, 6.07) is 6.24. The lowest BCUT2D eigenvalue weighted by atomic mass is 9.96. The lowest BCUT2D eigenvalue weighted by Gasteiger charge is -2.26. The number of thiazole rings is 1. The Bertz CT molecular complexity index is 1010. The van der Waals surface area contributed by atoms with Gasteiger partial charge in [0.1, 0.15) is 4.88 Å². The van der Waals surface area contributed by atoms with Gasteiger partial charge < -0.3 is 19.7 Å². The number of amides is 1. The molecule has 0 saturated carbocycles. The molecule has 0 spiro atoms. The smallest absolute Gasteiger partial charge is 0.265 e. The fourth-order valence-electron chi connectivity index (χ4n) is 3.60. The van der Waals surface area contributed by atoms with Gasteiger partial charge in [-0.3, -0.25) is 9.20 Å².